The molecule has 0 spiro atoms. The van der Waals surface area contributed by atoms with Crippen molar-refractivity contribution in [2.24, 2.45) is 0 Å². The van der Waals surface area contributed by atoms with Crippen LogP contribution in [0.3, 0.4) is 0 Å². The van der Waals surface area contributed by atoms with Crippen molar-refractivity contribution in [1.29, 1.82) is 0 Å². The second kappa shape index (κ2) is 5.54. The maximum atomic E-state index is 12.0. The Morgan fingerprint density at radius 2 is 2.12 bits per heavy atom. The summed E-state index contributed by atoms with van der Waals surface area (Å²) < 4.78 is 6.60. The largest absolute Gasteiger partial charge is 0.481 e. The van der Waals surface area contributed by atoms with E-state index >= 15 is 0 Å². The lowest BCUT2D eigenvalue weighted by Crippen LogP contribution is -2.38. The van der Waals surface area contributed by atoms with Crippen molar-refractivity contribution in [2.75, 3.05) is 13.1 Å². The Bertz CT molecular complexity index is 402. The highest BCUT2D eigenvalue weighted by Crippen LogP contribution is 2.20. The summed E-state index contributed by atoms with van der Waals surface area (Å²) in [6.45, 7) is 3.54. The quantitative estimate of drug-likeness (QED) is 0.859. The topological polar surface area (TPSA) is 29.5 Å². The second-order valence-electron chi connectivity index (χ2n) is 4.25. The summed E-state index contributed by atoms with van der Waals surface area (Å²) in [5.74, 6) is 0.807. The molecule has 1 aromatic carbocycles. The molecule has 0 aliphatic carbocycles. The van der Waals surface area contributed by atoms with Gasteiger partial charge >= 0.3 is 0 Å². The normalized spacial score (nSPS) is 16.9. The molecule has 1 aromatic rings. The minimum absolute atomic E-state index is 0.0856. The Hall–Kier alpha value is -1.03. The predicted molar refractivity (Wildman–Crippen MR) is 70.0 cm³/mol. The van der Waals surface area contributed by atoms with E-state index in [1.165, 1.54) is 0 Å². The Kier molecular flexibility index (Phi) is 4.05. The van der Waals surface area contributed by atoms with Gasteiger partial charge in [-0.1, -0.05) is 22.0 Å². The highest BCUT2D eigenvalue weighted by atomic mass is 79.9. The molecule has 3 nitrogen and oxygen atoms in total. The molecule has 1 saturated heterocycles. The fourth-order valence-electron chi connectivity index (χ4n) is 1.99. The molecule has 2 rings (SSSR count). The summed E-state index contributed by atoms with van der Waals surface area (Å²) >= 11 is 3.38. The van der Waals surface area contributed by atoms with Gasteiger partial charge in [0, 0.05) is 17.6 Å². The second-order valence-corrected chi connectivity index (χ2v) is 5.17. The third-order valence-corrected chi connectivity index (χ3v) is 3.37. The molecule has 0 saturated carbocycles. The van der Waals surface area contributed by atoms with E-state index in [9.17, 15) is 4.79 Å². The number of likely N-dealkylation sites (tertiary alicyclic amines) is 1. The molecule has 0 N–H and O–H groups in total. The molecule has 1 aliphatic heterocycles. The monoisotopic (exact) mass is 297 g/mol. The van der Waals surface area contributed by atoms with Crippen LogP contribution in [0.1, 0.15) is 19.8 Å². The fraction of sp³-hybridized carbons (Fsp3) is 0.462. The number of amides is 1. The maximum Gasteiger partial charge on any atom is 0.263 e. The fourth-order valence-corrected chi connectivity index (χ4v) is 2.37. The van der Waals surface area contributed by atoms with Crippen molar-refractivity contribution >= 4 is 21.8 Å². The van der Waals surface area contributed by atoms with Crippen molar-refractivity contribution in [1.82, 2.24) is 4.90 Å². The smallest absolute Gasteiger partial charge is 0.263 e. The molecule has 17 heavy (non-hydrogen) atoms. The van der Waals surface area contributed by atoms with E-state index in [-0.39, 0.29) is 5.91 Å². The van der Waals surface area contributed by atoms with E-state index in [1.807, 2.05) is 36.1 Å². The minimum atomic E-state index is -0.414. The molecule has 4 heteroatoms. The van der Waals surface area contributed by atoms with Crippen LogP contribution in [-0.2, 0) is 4.79 Å². The Morgan fingerprint density at radius 1 is 1.41 bits per heavy atom. The average Bonchev–Trinajstić information content (AvgIpc) is 2.81. The molecular weight excluding hydrogens is 282 g/mol. The lowest BCUT2D eigenvalue weighted by Gasteiger charge is -2.21. The third-order valence-electron chi connectivity index (χ3n) is 2.87. The molecule has 1 aliphatic rings. The minimum Gasteiger partial charge on any atom is -0.481 e. The van der Waals surface area contributed by atoms with Gasteiger partial charge in [0.25, 0.3) is 5.91 Å². The number of carbonyl (C=O) groups is 1. The number of carbonyl (C=O) groups excluding carboxylic acids is 1. The van der Waals surface area contributed by atoms with E-state index in [0.717, 1.165) is 36.2 Å². The van der Waals surface area contributed by atoms with E-state index in [1.54, 1.807) is 0 Å². The first-order valence-electron chi connectivity index (χ1n) is 5.88. The van der Waals surface area contributed by atoms with Gasteiger partial charge in [-0.3, -0.25) is 4.79 Å². The first kappa shape index (κ1) is 12.4. The van der Waals surface area contributed by atoms with Crippen molar-refractivity contribution in [2.45, 2.75) is 25.9 Å². The molecule has 0 bridgehead atoms. The Morgan fingerprint density at radius 3 is 2.76 bits per heavy atom. The highest BCUT2D eigenvalue weighted by molar-refractivity contribution is 9.10. The van der Waals surface area contributed by atoms with E-state index < -0.39 is 6.10 Å². The van der Waals surface area contributed by atoms with Gasteiger partial charge in [-0.2, -0.15) is 0 Å². The summed E-state index contributed by atoms with van der Waals surface area (Å²) in [6, 6.07) is 7.55. The molecule has 0 unspecified atom stereocenters. The van der Waals surface area contributed by atoms with E-state index in [2.05, 4.69) is 15.9 Å². The number of halogens is 1. The van der Waals surface area contributed by atoms with Crippen molar-refractivity contribution < 1.29 is 9.53 Å². The summed E-state index contributed by atoms with van der Waals surface area (Å²) in [5, 5.41) is 0. The van der Waals surface area contributed by atoms with Gasteiger partial charge in [0.1, 0.15) is 5.75 Å². The standard InChI is InChI=1S/C13H16BrNO2/c1-10(13(16)15-7-2-3-8-15)17-12-6-4-5-11(14)9-12/h4-6,9-10H,2-3,7-8H2,1H3/t10-/m1/s1. The predicted octanol–water partition coefficient (Wildman–Crippen LogP) is 2.84. The number of hydrogen-bond acceptors (Lipinski definition) is 2. The zero-order valence-electron chi connectivity index (χ0n) is 9.86. The van der Waals surface area contributed by atoms with Crippen LogP contribution in [0.4, 0.5) is 0 Å². The van der Waals surface area contributed by atoms with Gasteiger partial charge in [-0.25, -0.2) is 0 Å². The number of rotatable bonds is 3. The first-order chi connectivity index (χ1) is 8.16. The summed E-state index contributed by atoms with van der Waals surface area (Å²) in [5.41, 5.74) is 0. The molecule has 1 heterocycles. The van der Waals surface area contributed by atoms with Gasteiger partial charge in [0.15, 0.2) is 6.10 Å². The molecule has 0 radical (unpaired) electrons. The Labute approximate surface area is 110 Å². The lowest BCUT2D eigenvalue weighted by molar-refractivity contribution is -0.136. The number of hydrogen-bond donors (Lipinski definition) is 0. The van der Waals surface area contributed by atoms with Crippen LogP contribution in [0.15, 0.2) is 28.7 Å². The Balaban J connectivity index is 1.96. The molecular formula is C13H16BrNO2. The van der Waals surface area contributed by atoms with Gasteiger partial charge in [-0.05, 0) is 38.0 Å². The van der Waals surface area contributed by atoms with Crippen LogP contribution >= 0.6 is 15.9 Å². The van der Waals surface area contributed by atoms with Crippen LogP contribution in [-0.4, -0.2) is 30.0 Å². The molecule has 1 amide bonds. The SMILES string of the molecule is C[C@@H](Oc1cccc(Br)c1)C(=O)N1CCCC1. The lowest BCUT2D eigenvalue weighted by atomic mass is 10.3. The number of nitrogens with zero attached hydrogens (tertiary/aromatic N) is 1. The van der Waals surface area contributed by atoms with Crippen molar-refractivity contribution in [3.63, 3.8) is 0 Å². The van der Waals surface area contributed by atoms with E-state index in [4.69, 9.17) is 4.74 Å². The zero-order chi connectivity index (χ0) is 12.3. The van der Waals surface area contributed by atoms with Crippen molar-refractivity contribution in [3.8, 4) is 5.75 Å². The van der Waals surface area contributed by atoms with E-state index in [0.29, 0.717) is 0 Å². The zero-order valence-corrected chi connectivity index (χ0v) is 11.4. The molecule has 1 fully saturated rings. The van der Waals surface area contributed by atoms with Crippen LogP contribution in [0.2, 0.25) is 0 Å². The summed E-state index contributed by atoms with van der Waals surface area (Å²) in [4.78, 5) is 13.9. The molecule has 0 aromatic heterocycles. The maximum absolute atomic E-state index is 12.0. The highest BCUT2D eigenvalue weighted by Gasteiger charge is 2.24. The average molecular weight is 298 g/mol. The van der Waals surface area contributed by atoms with Crippen LogP contribution in [0.5, 0.6) is 5.75 Å². The first-order valence-corrected chi connectivity index (χ1v) is 6.67. The summed E-state index contributed by atoms with van der Waals surface area (Å²) in [6.07, 6.45) is 1.80. The molecule has 92 valence electrons. The van der Waals surface area contributed by atoms with Crippen LogP contribution in [0.25, 0.3) is 0 Å². The van der Waals surface area contributed by atoms with Gasteiger partial charge in [0.05, 0.1) is 0 Å². The number of ether oxygens (including phenoxy) is 1. The summed E-state index contributed by atoms with van der Waals surface area (Å²) in [7, 11) is 0. The van der Waals surface area contributed by atoms with Gasteiger partial charge in [-0.15, -0.1) is 0 Å². The molecule has 1 atom stereocenters. The van der Waals surface area contributed by atoms with Crippen LogP contribution < -0.4 is 4.74 Å². The van der Waals surface area contributed by atoms with Gasteiger partial charge in [0.2, 0.25) is 0 Å². The number of benzene rings is 1. The third kappa shape index (κ3) is 3.22. The van der Waals surface area contributed by atoms with Crippen LogP contribution in [0, 0.1) is 0 Å². The van der Waals surface area contributed by atoms with Crippen molar-refractivity contribution in [3.05, 3.63) is 28.7 Å². The van der Waals surface area contributed by atoms with Gasteiger partial charge < -0.3 is 9.64 Å².